The quantitative estimate of drug-likeness (QED) is 0.338. The molecule has 0 heterocycles. The predicted molar refractivity (Wildman–Crippen MR) is 74.3 cm³/mol. The van der Waals surface area contributed by atoms with Crippen LogP contribution in [0.15, 0.2) is 47.6 Å². The zero-order chi connectivity index (χ0) is 16.3. The van der Waals surface area contributed by atoms with Crippen LogP contribution in [0.25, 0.3) is 0 Å². The molecular formula is C14H11F3N4O. The standard InChI is InChI=1S/C14H11F3N4O/c15-14(16,17)8-1-4-10(5-2-8)22-12-6-3-9(18)7-11(12)13(19)21-20/h1-7,19-20H,18H2. The second kappa shape index (κ2) is 5.84. The van der Waals surface area contributed by atoms with Crippen LogP contribution < -0.4 is 10.5 Å². The summed E-state index contributed by atoms with van der Waals surface area (Å²) in [7, 11) is 0. The van der Waals surface area contributed by atoms with Gasteiger partial charge < -0.3 is 10.5 Å². The largest absolute Gasteiger partial charge is 0.457 e. The van der Waals surface area contributed by atoms with Crippen LogP contribution in [-0.2, 0) is 6.18 Å². The number of rotatable bonds is 3. The topological polar surface area (TPSA) is 95.3 Å². The fraction of sp³-hybridized carbons (Fsp3) is 0.0714. The lowest BCUT2D eigenvalue weighted by Crippen LogP contribution is -2.04. The molecule has 114 valence electrons. The van der Waals surface area contributed by atoms with E-state index in [2.05, 4.69) is 5.11 Å². The summed E-state index contributed by atoms with van der Waals surface area (Å²) in [5.41, 5.74) is 12.2. The summed E-state index contributed by atoms with van der Waals surface area (Å²) in [5.74, 6) is -0.0269. The Kier molecular flexibility index (Phi) is 4.11. The molecule has 0 bridgehead atoms. The van der Waals surface area contributed by atoms with Gasteiger partial charge in [-0.15, -0.1) is 5.11 Å². The SMILES string of the molecule is N=NC(=N)c1cc(N)ccc1Oc1ccc(C(F)(F)F)cc1. The molecule has 22 heavy (non-hydrogen) atoms. The number of nitrogens with two attached hydrogens (primary N) is 1. The third-order valence-corrected chi connectivity index (χ3v) is 2.78. The summed E-state index contributed by atoms with van der Waals surface area (Å²) in [4.78, 5) is 0. The van der Waals surface area contributed by atoms with Crippen molar-refractivity contribution in [1.29, 1.82) is 10.9 Å². The molecule has 4 N–H and O–H groups in total. The number of nitrogen functional groups attached to an aromatic ring is 1. The van der Waals surface area contributed by atoms with Gasteiger partial charge in [0.2, 0.25) is 0 Å². The van der Waals surface area contributed by atoms with Crippen LogP contribution in [-0.4, -0.2) is 5.84 Å². The van der Waals surface area contributed by atoms with Gasteiger partial charge in [-0.3, -0.25) is 5.41 Å². The lowest BCUT2D eigenvalue weighted by Gasteiger charge is -2.12. The molecule has 5 nitrogen and oxygen atoms in total. The van der Waals surface area contributed by atoms with Crippen molar-refractivity contribution in [2.75, 3.05) is 5.73 Å². The van der Waals surface area contributed by atoms with Crippen molar-refractivity contribution in [2.24, 2.45) is 5.11 Å². The number of hydrogen-bond acceptors (Lipinski definition) is 4. The van der Waals surface area contributed by atoms with Crippen molar-refractivity contribution in [2.45, 2.75) is 6.18 Å². The molecule has 2 aromatic rings. The lowest BCUT2D eigenvalue weighted by atomic mass is 10.1. The molecular weight excluding hydrogens is 297 g/mol. The van der Waals surface area contributed by atoms with Crippen LogP contribution in [0.2, 0.25) is 0 Å². The first kappa shape index (κ1) is 15.5. The van der Waals surface area contributed by atoms with Gasteiger partial charge in [-0.05, 0) is 42.5 Å². The van der Waals surface area contributed by atoms with E-state index in [9.17, 15) is 13.2 Å². The Balaban J connectivity index is 2.31. The van der Waals surface area contributed by atoms with Gasteiger partial charge in [0.25, 0.3) is 0 Å². The van der Waals surface area contributed by atoms with E-state index in [0.717, 1.165) is 12.1 Å². The molecule has 0 amide bonds. The van der Waals surface area contributed by atoms with E-state index in [1.54, 1.807) is 0 Å². The minimum Gasteiger partial charge on any atom is -0.457 e. The van der Waals surface area contributed by atoms with Crippen LogP contribution >= 0.6 is 0 Å². The highest BCUT2D eigenvalue weighted by Crippen LogP contribution is 2.32. The maximum atomic E-state index is 12.5. The van der Waals surface area contributed by atoms with Crippen LogP contribution in [0.5, 0.6) is 11.5 Å². The smallest absolute Gasteiger partial charge is 0.416 e. The molecule has 0 saturated carbocycles. The van der Waals surface area contributed by atoms with Crippen molar-refractivity contribution < 1.29 is 17.9 Å². The molecule has 0 aliphatic rings. The van der Waals surface area contributed by atoms with Crippen LogP contribution in [0.3, 0.4) is 0 Å². The number of amidine groups is 1. The minimum atomic E-state index is -4.42. The average Bonchev–Trinajstić information content (AvgIpc) is 2.48. The Morgan fingerprint density at radius 1 is 1.09 bits per heavy atom. The van der Waals surface area contributed by atoms with Crippen LogP contribution in [0, 0.1) is 10.9 Å². The first-order valence-electron chi connectivity index (χ1n) is 6.02. The van der Waals surface area contributed by atoms with Gasteiger partial charge in [-0.2, -0.15) is 13.2 Å². The number of nitrogens with one attached hydrogen (secondary N) is 2. The van der Waals surface area contributed by atoms with E-state index >= 15 is 0 Å². The van der Waals surface area contributed by atoms with E-state index in [0.29, 0.717) is 5.69 Å². The molecule has 8 heteroatoms. The van der Waals surface area contributed by atoms with Gasteiger partial charge in [-0.25, -0.2) is 5.53 Å². The fourth-order valence-electron chi connectivity index (χ4n) is 1.72. The molecule has 0 aliphatic heterocycles. The van der Waals surface area contributed by atoms with Crippen molar-refractivity contribution >= 4 is 11.5 Å². The number of halogens is 3. The zero-order valence-corrected chi connectivity index (χ0v) is 11.1. The summed E-state index contributed by atoms with van der Waals surface area (Å²) >= 11 is 0. The summed E-state index contributed by atoms with van der Waals surface area (Å²) in [5, 5.41) is 10.6. The normalized spacial score (nSPS) is 11.0. The summed E-state index contributed by atoms with van der Waals surface area (Å²) < 4.78 is 42.9. The maximum absolute atomic E-state index is 12.5. The number of nitrogens with zero attached hydrogens (tertiary/aromatic N) is 1. The molecule has 0 aromatic heterocycles. The molecule has 0 fully saturated rings. The Morgan fingerprint density at radius 2 is 1.73 bits per heavy atom. The fourth-order valence-corrected chi connectivity index (χ4v) is 1.72. The minimum absolute atomic E-state index is 0.164. The average molecular weight is 308 g/mol. The van der Waals surface area contributed by atoms with Gasteiger partial charge >= 0.3 is 6.18 Å². The number of benzene rings is 2. The molecule has 0 saturated heterocycles. The highest BCUT2D eigenvalue weighted by molar-refractivity contribution is 5.99. The Morgan fingerprint density at radius 3 is 2.27 bits per heavy atom. The third kappa shape index (κ3) is 3.40. The van der Waals surface area contributed by atoms with E-state index < -0.39 is 11.7 Å². The Bertz CT molecular complexity index is 711. The Labute approximate surface area is 123 Å². The number of anilines is 1. The second-order valence-electron chi connectivity index (χ2n) is 4.34. The molecule has 0 spiro atoms. The van der Waals surface area contributed by atoms with Gasteiger partial charge in [0.1, 0.15) is 11.5 Å². The van der Waals surface area contributed by atoms with E-state index in [1.807, 2.05) is 0 Å². The number of hydrogen-bond donors (Lipinski definition) is 3. The highest BCUT2D eigenvalue weighted by Gasteiger charge is 2.30. The molecule has 0 atom stereocenters. The van der Waals surface area contributed by atoms with Crippen molar-refractivity contribution in [1.82, 2.24) is 0 Å². The summed E-state index contributed by atoms with van der Waals surface area (Å²) in [6.45, 7) is 0. The van der Waals surface area contributed by atoms with Crippen LogP contribution in [0.1, 0.15) is 11.1 Å². The maximum Gasteiger partial charge on any atom is 0.416 e. The Hall–Kier alpha value is -2.90. The number of alkyl halides is 3. The van der Waals surface area contributed by atoms with E-state index in [-0.39, 0.29) is 22.9 Å². The van der Waals surface area contributed by atoms with Gasteiger partial charge in [0, 0.05) is 5.69 Å². The first-order chi connectivity index (χ1) is 10.3. The van der Waals surface area contributed by atoms with Gasteiger partial charge in [0.05, 0.1) is 11.1 Å². The zero-order valence-electron chi connectivity index (χ0n) is 11.1. The molecule has 0 radical (unpaired) electrons. The molecule has 2 rings (SSSR count). The van der Waals surface area contributed by atoms with Crippen molar-refractivity contribution in [3.63, 3.8) is 0 Å². The van der Waals surface area contributed by atoms with Gasteiger partial charge in [-0.1, -0.05) is 0 Å². The second-order valence-corrected chi connectivity index (χ2v) is 4.34. The lowest BCUT2D eigenvalue weighted by molar-refractivity contribution is -0.137. The third-order valence-electron chi connectivity index (χ3n) is 2.78. The summed E-state index contributed by atoms with van der Waals surface area (Å²) in [6, 6.07) is 8.51. The molecule has 0 unspecified atom stereocenters. The molecule has 0 aliphatic carbocycles. The van der Waals surface area contributed by atoms with Crippen molar-refractivity contribution in [3.8, 4) is 11.5 Å². The summed E-state index contributed by atoms with van der Waals surface area (Å²) in [6.07, 6.45) is -4.42. The van der Waals surface area contributed by atoms with Crippen LogP contribution in [0.4, 0.5) is 18.9 Å². The van der Waals surface area contributed by atoms with Gasteiger partial charge in [0.15, 0.2) is 5.84 Å². The molecule has 2 aromatic carbocycles. The highest BCUT2D eigenvalue weighted by atomic mass is 19.4. The van der Waals surface area contributed by atoms with Crippen molar-refractivity contribution in [3.05, 3.63) is 53.6 Å². The predicted octanol–water partition coefficient (Wildman–Crippen LogP) is 4.44. The van der Waals surface area contributed by atoms with E-state index in [1.165, 1.54) is 30.3 Å². The first-order valence-corrected chi connectivity index (χ1v) is 6.02. The number of ether oxygens (including phenoxy) is 1. The van der Waals surface area contributed by atoms with E-state index in [4.69, 9.17) is 21.4 Å². The monoisotopic (exact) mass is 308 g/mol.